The zero-order valence-electron chi connectivity index (χ0n) is 14.7. The van der Waals surface area contributed by atoms with Gasteiger partial charge in [-0.15, -0.1) is 0 Å². The first-order valence-corrected chi connectivity index (χ1v) is 9.54. The second kappa shape index (κ2) is 10.0. The Kier molecular flexibility index (Phi) is 7.69. The Labute approximate surface area is 150 Å². The summed E-state index contributed by atoms with van der Waals surface area (Å²) >= 11 is 0. The fourth-order valence-corrected chi connectivity index (χ4v) is 3.57. The molecule has 0 aliphatic heterocycles. The smallest absolute Gasteiger partial charge is 0.205 e. The van der Waals surface area contributed by atoms with E-state index in [9.17, 15) is 0 Å². The van der Waals surface area contributed by atoms with Crippen molar-refractivity contribution < 1.29 is 9.05 Å². The van der Waals surface area contributed by atoms with Crippen LogP contribution in [0.2, 0.25) is 0 Å². The Bertz CT molecular complexity index is 708. The Morgan fingerprint density at radius 1 is 1.08 bits per heavy atom. The van der Waals surface area contributed by atoms with Gasteiger partial charge in [0.15, 0.2) is 0 Å². The number of nitrogens with two attached hydrogens (primary N) is 1. The second-order valence-corrected chi connectivity index (χ2v) is 6.90. The molecule has 0 radical (unpaired) electrons. The van der Waals surface area contributed by atoms with E-state index < -0.39 is 8.38 Å². The van der Waals surface area contributed by atoms with Crippen molar-refractivity contribution in [2.45, 2.75) is 20.3 Å². The summed E-state index contributed by atoms with van der Waals surface area (Å²) in [4.78, 5) is 0. The first kappa shape index (κ1) is 19.2. The van der Waals surface area contributed by atoms with Crippen molar-refractivity contribution >= 4 is 25.1 Å². The summed E-state index contributed by atoms with van der Waals surface area (Å²) in [7, 11) is -0.985. The van der Waals surface area contributed by atoms with E-state index in [1.165, 1.54) is 5.56 Å². The third-order valence-corrected chi connectivity index (χ3v) is 5.25. The molecular weight excluding hydrogens is 333 g/mol. The molecular formula is C19H24N3O2P. The van der Waals surface area contributed by atoms with Crippen molar-refractivity contribution in [3.05, 3.63) is 53.6 Å². The van der Waals surface area contributed by atoms with Crippen LogP contribution in [-0.4, -0.2) is 19.8 Å². The largest absolute Gasteiger partial charge is 0.397 e. The molecule has 0 aliphatic carbocycles. The van der Waals surface area contributed by atoms with Crippen LogP contribution < -0.4 is 16.4 Å². The van der Waals surface area contributed by atoms with Crippen molar-refractivity contribution in [2.75, 3.05) is 30.8 Å². The van der Waals surface area contributed by atoms with Gasteiger partial charge < -0.3 is 20.1 Å². The predicted molar refractivity (Wildman–Crippen MR) is 104 cm³/mol. The van der Waals surface area contributed by atoms with E-state index in [1.807, 2.05) is 19.9 Å². The fourth-order valence-electron chi connectivity index (χ4n) is 2.34. The third-order valence-electron chi connectivity index (χ3n) is 3.55. The maximum Gasteiger partial charge on any atom is 0.205 e. The highest BCUT2D eigenvalue weighted by molar-refractivity contribution is 7.56. The summed E-state index contributed by atoms with van der Waals surface area (Å²) in [5, 5.41) is 13.3. The molecule has 0 fully saturated rings. The lowest BCUT2D eigenvalue weighted by Crippen LogP contribution is -2.09. The number of hydrogen-bond acceptors (Lipinski definition) is 5. The molecule has 0 amide bonds. The number of nitriles is 1. The highest BCUT2D eigenvalue weighted by atomic mass is 31.2. The number of rotatable bonds is 9. The molecule has 25 heavy (non-hydrogen) atoms. The lowest BCUT2D eigenvalue weighted by Gasteiger charge is -2.16. The average molecular weight is 357 g/mol. The molecule has 5 nitrogen and oxygen atoms in total. The van der Waals surface area contributed by atoms with E-state index in [-0.39, 0.29) is 0 Å². The maximum atomic E-state index is 8.86. The van der Waals surface area contributed by atoms with Gasteiger partial charge in [-0.2, -0.15) is 5.26 Å². The minimum Gasteiger partial charge on any atom is -0.397 e. The molecule has 0 aliphatic rings. The molecule has 132 valence electrons. The highest BCUT2D eigenvalue weighted by Gasteiger charge is 2.12. The normalized spacial score (nSPS) is 10.6. The quantitative estimate of drug-likeness (QED) is 0.527. The lowest BCUT2D eigenvalue weighted by molar-refractivity contribution is 0.277. The van der Waals surface area contributed by atoms with Crippen LogP contribution in [0.25, 0.3) is 0 Å². The van der Waals surface area contributed by atoms with Gasteiger partial charge in [-0.1, -0.05) is 12.1 Å². The summed E-state index contributed by atoms with van der Waals surface area (Å²) < 4.78 is 11.3. The topological polar surface area (TPSA) is 80.3 Å². The van der Waals surface area contributed by atoms with Gasteiger partial charge in [0.2, 0.25) is 8.38 Å². The summed E-state index contributed by atoms with van der Waals surface area (Å²) in [5.41, 5.74) is 9.19. The molecule has 0 bridgehead atoms. The summed E-state index contributed by atoms with van der Waals surface area (Å²) in [6.45, 7) is 6.00. The Morgan fingerprint density at radius 2 is 1.76 bits per heavy atom. The van der Waals surface area contributed by atoms with Gasteiger partial charge >= 0.3 is 0 Å². The first-order chi connectivity index (χ1) is 12.2. The third kappa shape index (κ3) is 5.72. The molecule has 6 heteroatoms. The molecule has 3 N–H and O–H groups in total. The minimum atomic E-state index is -0.985. The summed E-state index contributed by atoms with van der Waals surface area (Å²) in [5.74, 6) is 0. The van der Waals surface area contributed by atoms with Gasteiger partial charge in [-0.3, -0.25) is 0 Å². The van der Waals surface area contributed by atoms with Crippen LogP contribution in [0.5, 0.6) is 0 Å². The molecule has 0 spiro atoms. The zero-order valence-corrected chi connectivity index (χ0v) is 15.6. The molecule has 2 rings (SSSR count). The molecule has 0 heterocycles. The van der Waals surface area contributed by atoms with Crippen LogP contribution in [0, 0.1) is 11.3 Å². The van der Waals surface area contributed by atoms with Gasteiger partial charge in [-0.05, 0) is 56.2 Å². The van der Waals surface area contributed by atoms with Crippen LogP contribution in [-0.2, 0) is 15.5 Å². The molecule has 0 atom stereocenters. The Balaban J connectivity index is 1.90. The zero-order chi connectivity index (χ0) is 18.1. The van der Waals surface area contributed by atoms with Crippen molar-refractivity contribution in [3.63, 3.8) is 0 Å². The van der Waals surface area contributed by atoms with Crippen LogP contribution in [0.4, 0.5) is 11.4 Å². The number of benzene rings is 2. The minimum absolute atomic E-state index is 0.568. The van der Waals surface area contributed by atoms with Crippen molar-refractivity contribution in [1.82, 2.24) is 0 Å². The monoisotopic (exact) mass is 357 g/mol. The molecule has 0 aromatic heterocycles. The van der Waals surface area contributed by atoms with Crippen molar-refractivity contribution in [3.8, 4) is 6.07 Å². The molecule has 2 aromatic rings. The Hall–Kier alpha value is -2.12. The fraction of sp³-hybridized carbons (Fsp3) is 0.316. The van der Waals surface area contributed by atoms with Crippen LogP contribution >= 0.6 is 8.38 Å². The molecule has 2 aromatic carbocycles. The van der Waals surface area contributed by atoms with Gasteiger partial charge in [0.1, 0.15) is 0 Å². The summed E-state index contributed by atoms with van der Waals surface area (Å²) in [6, 6.07) is 15.7. The SMILES string of the molecule is CCOP(OCC)c1ccc(CCNc2ccc(C#N)cc2N)cc1. The maximum absolute atomic E-state index is 8.86. The van der Waals surface area contributed by atoms with E-state index >= 15 is 0 Å². The van der Waals surface area contributed by atoms with Crippen LogP contribution in [0.3, 0.4) is 0 Å². The van der Waals surface area contributed by atoms with Gasteiger partial charge in [-0.25, -0.2) is 0 Å². The highest BCUT2D eigenvalue weighted by Crippen LogP contribution is 2.36. The van der Waals surface area contributed by atoms with E-state index in [4.69, 9.17) is 20.0 Å². The van der Waals surface area contributed by atoms with E-state index in [0.29, 0.717) is 24.5 Å². The van der Waals surface area contributed by atoms with Gasteiger partial charge in [0.25, 0.3) is 0 Å². The van der Waals surface area contributed by atoms with Crippen molar-refractivity contribution in [2.24, 2.45) is 0 Å². The second-order valence-electron chi connectivity index (χ2n) is 5.35. The van der Waals surface area contributed by atoms with Crippen molar-refractivity contribution in [1.29, 1.82) is 5.26 Å². The van der Waals surface area contributed by atoms with Gasteiger partial charge in [0.05, 0.1) is 36.2 Å². The average Bonchev–Trinajstić information content (AvgIpc) is 2.63. The van der Waals surface area contributed by atoms with E-state index in [2.05, 4.69) is 35.7 Å². The molecule has 0 saturated carbocycles. The number of nitrogens with one attached hydrogen (secondary N) is 1. The van der Waals surface area contributed by atoms with Gasteiger partial charge in [0, 0.05) is 11.8 Å². The molecule has 0 saturated heterocycles. The standard InChI is InChI=1S/C19H24N3O2P/c1-3-23-25(24-4-2)17-8-5-15(6-9-17)11-12-22-19-10-7-16(14-20)13-18(19)21/h5-10,13,22H,3-4,11-12,21H2,1-2H3. The van der Waals surface area contributed by atoms with Crippen LogP contribution in [0.15, 0.2) is 42.5 Å². The number of nitrogens with zero attached hydrogens (tertiary/aromatic N) is 1. The first-order valence-electron chi connectivity index (χ1n) is 8.36. The summed E-state index contributed by atoms with van der Waals surface area (Å²) in [6.07, 6.45) is 0.876. The lowest BCUT2D eigenvalue weighted by atomic mass is 10.1. The number of nitrogen functional groups attached to an aromatic ring is 1. The van der Waals surface area contributed by atoms with E-state index in [1.54, 1.807) is 12.1 Å². The Morgan fingerprint density at radius 3 is 2.32 bits per heavy atom. The van der Waals surface area contributed by atoms with Crippen LogP contribution in [0.1, 0.15) is 25.0 Å². The number of hydrogen-bond donors (Lipinski definition) is 2. The predicted octanol–water partition coefficient (Wildman–Crippen LogP) is 3.81. The molecule has 0 unspecified atom stereocenters. The van der Waals surface area contributed by atoms with E-state index in [0.717, 1.165) is 24.0 Å². The number of anilines is 2.